The van der Waals surface area contributed by atoms with Gasteiger partial charge in [0.2, 0.25) is 0 Å². The molecule has 0 radical (unpaired) electrons. The van der Waals surface area contributed by atoms with Gasteiger partial charge in [0.05, 0.1) is 12.7 Å². The monoisotopic (exact) mass is 250 g/mol. The van der Waals surface area contributed by atoms with E-state index in [1.165, 1.54) is 5.69 Å². The topological polar surface area (TPSA) is 46.9 Å². The minimum atomic E-state index is -0.402. The summed E-state index contributed by atoms with van der Waals surface area (Å²) >= 11 is 0. The van der Waals surface area contributed by atoms with Crippen LogP contribution in [-0.4, -0.2) is 54.4 Å². The minimum absolute atomic E-state index is 0.239. The van der Waals surface area contributed by atoms with Crippen molar-refractivity contribution < 1.29 is 10.2 Å². The first kappa shape index (κ1) is 13.3. The first-order chi connectivity index (χ1) is 8.70. The average molecular weight is 250 g/mol. The molecule has 4 heteroatoms. The Morgan fingerprint density at radius 1 is 1.11 bits per heavy atom. The van der Waals surface area contributed by atoms with Crippen molar-refractivity contribution in [2.24, 2.45) is 0 Å². The number of nitrogens with zero attached hydrogens (tertiary/aromatic N) is 2. The van der Waals surface area contributed by atoms with Crippen LogP contribution in [0, 0.1) is 0 Å². The third kappa shape index (κ3) is 3.22. The summed E-state index contributed by atoms with van der Waals surface area (Å²) in [7, 11) is 0. The molecule has 1 aromatic carbocycles. The number of benzene rings is 1. The van der Waals surface area contributed by atoms with Gasteiger partial charge in [0.1, 0.15) is 0 Å². The number of aliphatic hydroxyl groups is 2. The molecular formula is C14H22N2O2. The molecule has 0 spiro atoms. The van der Waals surface area contributed by atoms with E-state index in [1.54, 1.807) is 6.92 Å². The zero-order valence-electron chi connectivity index (χ0n) is 10.9. The van der Waals surface area contributed by atoms with E-state index in [4.69, 9.17) is 5.11 Å². The number of piperazine rings is 1. The Balaban J connectivity index is 1.93. The van der Waals surface area contributed by atoms with Crippen molar-refractivity contribution in [2.45, 2.75) is 13.0 Å². The highest BCUT2D eigenvalue weighted by Gasteiger charge is 2.16. The second-order valence-electron chi connectivity index (χ2n) is 4.82. The van der Waals surface area contributed by atoms with Gasteiger partial charge in [-0.3, -0.25) is 4.90 Å². The highest BCUT2D eigenvalue weighted by Crippen LogP contribution is 2.20. The number of β-amino-alcohol motifs (C(OH)–C–C–N with tert-alkyl or cyclic N) is 1. The van der Waals surface area contributed by atoms with Crippen molar-refractivity contribution >= 4 is 5.69 Å². The minimum Gasteiger partial charge on any atom is -0.395 e. The van der Waals surface area contributed by atoms with Crippen molar-refractivity contribution in [1.82, 2.24) is 4.90 Å². The van der Waals surface area contributed by atoms with Gasteiger partial charge in [-0.05, 0) is 24.6 Å². The van der Waals surface area contributed by atoms with Crippen molar-refractivity contribution in [3.8, 4) is 0 Å². The Bertz CT molecular complexity index is 357. The summed E-state index contributed by atoms with van der Waals surface area (Å²) in [4.78, 5) is 4.63. The molecule has 2 rings (SSSR count). The Morgan fingerprint density at radius 3 is 2.22 bits per heavy atom. The lowest BCUT2D eigenvalue weighted by Gasteiger charge is -2.35. The standard InChI is InChI=1S/C14H22N2O2/c1-12(18)13-2-4-14(5-3-13)16-8-6-15(7-9-16)10-11-17/h2-5,12,17-18H,6-11H2,1H3/t12-/m0/s1. The van der Waals surface area contributed by atoms with E-state index in [1.807, 2.05) is 12.1 Å². The first-order valence-electron chi connectivity index (χ1n) is 6.57. The van der Waals surface area contributed by atoms with Crippen LogP contribution in [0.1, 0.15) is 18.6 Å². The molecule has 0 bridgehead atoms. The summed E-state index contributed by atoms with van der Waals surface area (Å²) < 4.78 is 0. The Morgan fingerprint density at radius 2 is 1.72 bits per heavy atom. The summed E-state index contributed by atoms with van der Waals surface area (Å²) in [5.74, 6) is 0. The van der Waals surface area contributed by atoms with Crippen LogP contribution < -0.4 is 4.90 Å². The molecular weight excluding hydrogens is 228 g/mol. The molecule has 1 saturated heterocycles. The molecule has 0 unspecified atom stereocenters. The van der Waals surface area contributed by atoms with Crippen molar-refractivity contribution in [3.05, 3.63) is 29.8 Å². The Labute approximate surface area is 108 Å². The van der Waals surface area contributed by atoms with Crippen LogP contribution in [0.5, 0.6) is 0 Å². The highest BCUT2D eigenvalue weighted by atomic mass is 16.3. The first-order valence-corrected chi connectivity index (χ1v) is 6.57. The molecule has 0 aliphatic carbocycles. The third-order valence-corrected chi connectivity index (χ3v) is 3.53. The molecule has 0 amide bonds. The molecule has 1 aliphatic heterocycles. The second kappa shape index (κ2) is 6.18. The predicted octanol–water partition coefficient (Wildman–Crippen LogP) is 0.854. The van der Waals surface area contributed by atoms with Gasteiger partial charge in [0.25, 0.3) is 0 Å². The molecule has 2 N–H and O–H groups in total. The van der Waals surface area contributed by atoms with Crippen LogP contribution in [0.4, 0.5) is 5.69 Å². The van der Waals surface area contributed by atoms with Crippen LogP contribution in [-0.2, 0) is 0 Å². The molecule has 0 aromatic heterocycles. The maximum atomic E-state index is 9.47. The number of hydrogen-bond acceptors (Lipinski definition) is 4. The van der Waals surface area contributed by atoms with Crippen LogP contribution in [0.3, 0.4) is 0 Å². The van der Waals surface area contributed by atoms with E-state index in [2.05, 4.69) is 21.9 Å². The Hall–Kier alpha value is -1.10. The number of hydrogen-bond donors (Lipinski definition) is 2. The quantitative estimate of drug-likeness (QED) is 0.832. The normalized spacial score (nSPS) is 18.9. The van der Waals surface area contributed by atoms with Crippen molar-refractivity contribution in [1.29, 1.82) is 0 Å². The zero-order chi connectivity index (χ0) is 13.0. The summed E-state index contributed by atoms with van der Waals surface area (Å²) in [5.41, 5.74) is 2.17. The SMILES string of the molecule is C[C@H](O)c1ccc(N2CCN(CCO)CC2)cc1. The van der Waals surface area contributed by atoms with Crippen LogP contribution in [0.2, 0.25) is 0 Å². The number of rotatable bonds is 4. The Kier molecular flexibility index (Phi) is 4.58. The van der Waals surface area contributed by atoms with Gasteiger partial charge in [-0.2, -0.15) is 0 Å². The lowest BCUT2D eigenvalue weighted by atomic mass is 10.1. The summed E-state index contributed by atoms with van der Waals surface area (Å²) in [6.07, 6.45) is -0.402. The number of aliphatic hydroxyl groups excluding tert-OH is 2. The fourth-order valence-corrected chi connectivity index (χ4v) is 2.33. The van der Waals surface area contributed by atoms with Gasteiger partial charge in [0, 0.05) is 38.4 Å². The molecule has 1 fully saturated rings. The molecule has 100 valence electrons. The lowest BCUT2D eigenvalue weighted by molar-refractivity contribution is 0.189. The smallest absolute Gasteiger partial charge is 0.0761 e. The van der Waals surface area contributed by atoms with Crippen molar-refractivity contribution in [2.75, 3.05) is 44.2 Å². The van der Waals surface area contributed by atoms with Crippen LogP contribution in [0.15, 0.2) is 24.3 Å². The molecule has 4 nitrogen and oxygen atoms in total. The maximum Gasteiger partial charge on any atom is 0.0761 e. The third-order valence-electron chi connectivity index (χ3n) is 3.53. The van der Waals surface area contributed by atoms with E-state index in [0.29, 0.717) is 0 Å². The second-order valence-corrected chi connectivity index (χ2v) is 4.82. The summed E-state index contributed by atoms with van der Waals surface area (Å²) in [6, 6.07) is 8.12. The van der Waals surface area contributed by atoms with Crippen LogP contribution in [0.25, 0.3) is 0 Å². The van der Waals surface area contributed by atoms with Gasteiger partial charge in [-0.15, -0.1) is 0 Å². The average Bonchev–Trinajstić information content (AvgIpc) is 2.40. The van der Waals surface area contributed by atoms with Crippen molar-refractivity contribution in [3.63, 3.8) is 0 Å². The van der Waals surface area contributed by atoms with E-state index in [0.717, 1.165) is 38.3 Å². The van der Waals surface area contributed by atoms with E-state index in [9.17, 15) is 5.11 Å². The summed E-state index contributed by atoms with van der Waals surface area (Å²) in [5, 5.41) is 18.4. The molecule has 0 saturated carbocycles. The largest absolute Gasteiger partial charge is 0.395 e. The fourth-order valence-electron chi connectivity index (χ4n) is 2.33. The highest BCUT2D eigenvalue weighted by molar-refractivity contribution is 5.48. The van der Waals surface area contributed by atoms with Gasteiger partial charge in [-0.25, -0.2) is 0 Å². The van der Waals surface area contributed by atoms with E-state index >= 15 is 0 Å². The van der Waals surface area contributed by atoms with Gasteiger partial charge < -0.3 is 15.1 Å². The number of anilines is 1. The van der Waals surface area contributed by atoms with E-state index < -0.39 is 6.10 Å². The van der Waals surface area contributed by atoms with E-state index in [-0.39, 0.29) is 6.61 Å². The molecule has 1 heterocycles. The van der Waals surface area contributed by atoms with Gasteiger partial charge in [-0.1, -0.05) is 12.1 Å². The predicted molar refractivity (Wildman–Crippen MR) is 72.8 cm³/mol. The fraction of sp³-hybridized carbons (Fsp3) is 0.571. The maximum absolute atomic E-state index is 9.47. The zero-order valence-corrected chi connectivity index (χ0v) is 10.9. The molecule has 18 heavy (non-hydrogen) atoms. The molecule has 1 aromatic rings. The van der Waals surface area contributed by atoms with Crippen LogP contribution >= 0.6 is 0 Å². The molecule has 1 atom stereocenters. The van der Waals surface area contributed by atoms with Gasteiger partial charge in [0.15, 0.2) is 0 Å². The lowest BCUT2D eigenvalue weighted by Crippen LogP contribution is -2.47. The van der Waals surface area contributed by atoms with Gasteiger partial charge >= 0.3 is 0 Å². The summed E-state index contributed by atoms with van der Waals surface area (Å²) in [6.45, 7) is 6.78. The molecule has 1 aliphatic rings.